The van der Waals surface area contributed by atoms with Crippen LogP contribution in [-0.4, -0.2) is 50.0 Å². The Hall–Kier alpha value is -3.55. The molecule has 1 aliphatic rings. The van der Waals surface area contributed by atoms with Crippen LogP contribution in [0.4, 0.5) is 11.4 Å². The number of anilines is 2. The lowest BCUT2D eigenvalue weighted by atomic mass is 10.1. The Morgan fingerprint density at radius 1 is 1.00 bits per heavy atom. The van der Waals surface area contributed by atoms with Gasteiger partial charge >= 0.3 is 0 Å². The molecule has 1 unspecified atom stereocenters. The van der Waals surface area contributed by atoms with Gasteiger partial charge in [0.15, 0.2) is 6.61 Å². The number of nitrogens with zero attached hydrogens (tertiary/aromatic N) is 1. The van der Waals surface area contributed by atoms with E-state index < -0.39 is 17.9 Å². The van der Waals surface area contributed by atoms with Crippen molar-refractivity contribution < 1.29 is 19.1 Å². The zero-order chi connectivity index (χ0) is 24.2. The van der Waals surface area contributed by atoms with E-state index in [9.17, 15) is 14.4 Å². The monoisotopic (exact) mass is 466 g/mol. The molecule has 182 valence electrons. The Labute approximate surface area is 201 Å². The molecule has 3 N–H and O–H groups in total. The summed E-state index contributed by atoms with van der Waals surface area (Å²) < 4.78 is 5.37. The van der Waals surface area contributed by atoms with Gasteiger partial charge in [-0.3, -0.25) is 14.4 Å². The van der Waals surface area contributed by atoms with Gasteiger partial charge in [0.05, 0.1) is 6.54 Å². The number of para-hydroxylation sites is 1. The summed E-state index contributed by atoms with van der Waals surface area (Å²) in [5, 5.41) is 8.22. The van der Waals surface area contributed by atoms with Crippen molar-refractivity contribution in [2.75, 3.05) is 36.5 Å². The highest BCUT2D eigenvalue weighted by molar-refractivity contribution is 5.98. The quantitative estimate of drug-likeness (QED) is 0.446. The summed E-state index contributed by atoms with van der Waals surface area (Å²) in [6.07, 6.45) is 4.57. The van der Waals surface area contributed by atoms with Crippen molar-refractivity contribution >= 4 is 29.1 Å². The second-order valence-corrected chi connectivity index (χ2v) is 8.37. The Morgan fingerprint density at radius 2 is 1.76 bits per heavy atom. The van der Waals surface area contributed by atoms with Crippen LogP contribution in [0.3, 0.4) is 0 Å². The van der Waals surface area contributed by atoms with Crippen LogP contribution in [0, 0.1) is 0 Å². The predicted octanol–water partition coefficient (Wildman–Crippen LogP) is 3.10. The Kier molecular flexibility index (Phi) is 9.76. The molecule has 8 heteroatoms. The van der Waals surface area contributed by atoms with Crippen molar-refractivity contribution in [1.29, 1.82) is 0 Å². The molecule has 0 radical (unpaired) electrons. The fraction of sp³-hybridized carbons (Fsp3) is 0.423. The summed E-state index contributed by atoms with van der Waals surface area (Å²) in [6.45, 7) is 3.66. The van der Waals surface area contributed by atoms with Crippen molar-refractivity contribution in [3.63, 3.8) is 0 Å². The molecule has 34 heavy (non-hydrogen) atoms. The number of hydrogen-bond acceptors (Lipinski definition) is 5. The average molecular weight is 467 g/mol. The maximum Gasteiger partial charge on any atom is 0.258 e. The van der Waals surface area contributed by atoms with Crippen molar-refractivity contribution in [2.45, 2.75) is 45.1 Å². The molecule has 1 atom stereocenters. The lowest BCUT2D eigenvalue weighted by Crippen LogP contribution is -2.47. The van der Waals surface area contributed by atoms with Gasteiger partial charge in [-0.25, -0.2) is 0 Å². The number of benzene rings is 2. The van der Waals surface area contributed by atoms with E-state index in [2.05, 4.69) is 20.9 Å². The smallest absolute Gasteiger partial charge is 0.258 e. The van der Waals surface area contributed by atoms with Gasteiger partial charge in [0.1, 0.15) is 11.8 Å². The first-order chi connectivity index (χ1) is 16.5. The number of carbonyl (C=O) groups excluding carboxylic acids is 3. The van der Waals surface area contributed by atoms with Gasteiger partial charge in [-0.2, -0.15) is 0 Å². The summed E-state index contributed by atoms with van der Waals surface area (Å²) in [7, 11) is 0. The van der Waals surface area contributed by atoms with Crippen LogP contribution in [0.1, 0.15) is 39.0 Å². The van der Waals surface area contributed by atoms with Crippen molar-refractivity contribution in [3.05, 3.63) is 54.6 Å². The number of carbonyl (C=O) groups is 3. The van der Waals surface area contributed by atoms with Gasteiger partial charge in [-0.1, -0.05) is 44.0 Å². The van der Waals surface area contributed by atoms with Gasteiger partial charge < -0.3 is 25.6 Å². The molecule has 8 nitrogen and oxygen atoms in total. The van der Waals surface area contributed by atoms with E-state index in [-0.39, 0.29) is 19.1 Å². The third-order valence-electron chi connectivity index (χ3n) is 5.64. The minimum atomic E-state index is -0.680. The highest BCUT2D eigenvalue weighted by Gasteiger charge is 2.21. The number of ether oxygens (including phenoxy) is 1. The van der Waals surface area contributed by atoms with E-state index in [4.69, 9.17) is 4.74 Å². The molecule has 0 aromatic heterocycles. The van der Waals surface area contributed by atoms with Gasteiger partial charge in [0, 0.05) is 24.5 Å². The molecule has 2 aromatic rings. The second kappa shape index (κ2) is 13.2. The molecule has 1 aliphatic heterocycles. The second-order valence-electron chi connectivity index (χ2n) is 8.37. The lowest BCUT2D eigenvalue weighted by molar-refractivity contribution is -0.129. The maximum absolute atomic E-state index is 12.9. The average Bonchev–Trinajstić information content (AvgIpc) is 3.40. The predicted molar refractivity (Wildman–Crippen MR) is 133 cm³/mol. The highest BCUT2D eigenvalue weighted by Crippen LogP contribution is 2.23. The normalized spacial score (nSPS) is 13.7. The lowest BCUT2D eigenvalue weighted by Gasteiger charge is -2.21. The standard InChI is InChI=1S/C26H34N4O4/c1-2-3-14-23(26(33)28-20-10-9-11-21(17-20)30-15-7-8-16-30)29-24(31)18-27-25(32)19-34-22-12-5-4-6-13-22/h4-6,9-13,17,23H,2-3,7-8,14-16,18-19H2,1H3,(H,27,32)(H,28,33)(H,29,31). The molecule has 1 saturated heterocycles. The number of nitrogens with one attached hydrogen (secondary N) is 3. The zero-order valence-electron chi connectivity index (χ0n) is 19.7. The summed E-state index contributed by atoms with van der Waals surface area (Å²) >= 11 is 0. The van der Waals surface area contributed by atoms with E-state index in [1.165, 1.54) is 12.8 Å². The fourth-order valence-corrected chi connectivity index (χ4v) is 3.80. The molecule has 0 saturated carbocycles. The summed E-state index contributed by atoms with van der Waals surface area (Å²) in [5.74, 6) is -0.520. The third-order valence-corrected chi connectivity index (χ3v) is 5.64. The molecule has 0 bridgehead atoms. The van der Waals surface area contributed by atoms with Crippen LogP contribution in [0.25, 0.3) is 0 Å². The van der Waals surface area contributed by atoms with Crippen LogP contribution in [0.15, 0.2) is 54.6 Å². The first-order valence-electron chi connectivity index (χ1n) is 11.9. The fourth-order valence-electron chi connectivity index (χ4n) is 3.80. The van der Waals surface area contributed by atoms with E-state index in [1.807, 2.05) is 49.4 Å². The van der Waals surface area contributed by atoms with Gasteiger partial charge in [-0.15, -0.1) is 0 Å². The minimum absolute atomic E-state index is 0.190. The SMILES string of the molecule is CCCCC(NC(=O)CNC(=O)COc1ccccc1)C(=O)Nc1cccc(N2CCCC2)c1. The molecule has 3 amide bonds. The molecule has 1 heterocycles. The van der Waals surface area contributed by atoms with Gasteiger partial charge in [0.25, 0.3) is 5.91 Å². The van der Waals surface area contributed by atoms with Crippen LogP contribution in [-0.2, 0) is 14.4 Å². The van der Waals surface area contributed by atoms with E-state index in [0.717, 1.165) is 31.6 Å². The summed E-state index contributed by atoms with van der Waals surface area (Å²) in [4.78, 5) is 39.7. The van der Waals surface area contributed by atoms with Crippen LogP contribution < -0.4 is 25.6 Å². The summed E-state index contributed by atoms with van der Waals surface area (Å²) in [5.41, 5.74) is 1.79. The first kappa shape index (κ1) is 25.1. The van der Waals surface area contributed by atoms with Crippen LogP contribution in [0.5, 0.6) is 5.75 Å². The molecular formula is C26H34N4O4. The number of amides is 3. The van der Waals surface area contributed by atoms with Crippen molar-refractivity contribution in [2.24, 2.45) is 0 Å². The molecule has 0 spiro atoms. The Morgan fingerprint density at radius 3 is 2.50 bits per heavy atom. The number of rotatable bonds is 12. The van der Waals surface area contributed by atoms with Gasteiger partial charge in [0.2, 0.25) is 11.8 Å². The third kappa shape index (κ3) is 8.10. The number of hydrogen-bond donors (Lipinski definition) is 3. The van der Waals surface area contributed by atoms with Gasteiger partial charge in [-0.05, 0) is 49.6 Å². The zero-order valence-corrected chi connectivity index (χ0v) is 19.7. The Bertz CT molecular complexity index is 945. The summed E-state index contributed by atoms with van der Waals surface area (Å²) in [6, 6.07) is 16.1. The van der Waals surface area contributed by atoms with Crippen LogP contribution in [0.2, 0.25) is 0 Å². The topological polar surface area (TPSA) is 99.8 Å². The van der Waals surface area contributed by atoms with Crippen LogP contribution >= 0.6 is 0 Å². The number of unbranched alkanes of at least 4 members (excludes halogenated alkanes) is 1. The van der Waals surface area contributed by atoms with E-state index in [0.29, 0.717) is 17.9 Å². The van der Waals surface area contributed by atoms with Crippen molar-refractivity contribution in [1.82, 2.24) is 10.6 Å². The highest BCUT2D eigenvalue weighted by atomic mass is 16.5. The van der Waals surface area contributed by atoms with E-state index in [1.54, 1.807) is 12.1 Å². The first-order valence-corrected chi connectivity index (χ1v) is 11.9. The largest absolute Gasteiger partial charge is 0.484 e. The maximum atomic E-state index is 12.9. The van der Waals surface area contributed by atoms with E-state index >= 15 is 0 Å². The minimum Gasteiger partial charge on any atom is -0.484 e. The molecule has 3 rings (SSSR count). The molecule has 2 aromatic carbocycles. The molecule has 0 aliphatic carbocycles. The van der Waals surface area contributed by atoms with Crippen molar-refractivity contribution in [3.8, 4) is 5.75 Å². The molecular weight excluding hydrogens is 432 g/mol. The Balaban J connectivity index is 1.49. The molecule has 1 fully saturated rings.